The van der Waals surface area contributed by atoms with Crippen LogP contribution in [0.2, 0.25) is 0 Å². The number of hydrogen-bond acceptors (Lipinski definition) is 13. The van der Waals surface area contributed by atoms with Crippen LogP contribution in [0.4, 0.5) is 11.8 Å². The molecule has 0 aliphatic carbocycles. The van der Waals surface area contributed by atoms with E-state index in [1.807, 2.05) is 84.0 Å². The van der Waals surface area contributed by atoms with E-state index in [-0.39, 0.29) is 37.7 Å². The first-order chi connectivity index (χ1) is 35.9. The van der Waals surface area contributed by atoms with Gasteiger partial charge in [-0.05, 0) is 92.3 Å². The lowest BCUT2D eigenvalue weighted by atomic mass is 9.80. The third-order valence-electron chi connectivity index (χ3n) is 12.5. The lowest BCUT2D eigenvalue weighted by molar-refractivity contribution is -0.0912. The fourth-order valence-corrected chi connectivity index (χ4v) is 11.3. The molecule has 0 N–H and O–H groups in total. The van der Waals surface area contributed by atoms with Gasteiger partial charge in [-0.15, -0.1) is 0 Å². The van der Waals surface area contributed by atoms with E-state index in [1.165, 1.54) is 0 Å². The molecule has 1 fully saturated rings. The summed E-state index contributed by atoms with van der Waals surface area (Å²) in [7, 11) is 1.64. The minimum atomic E-state index is -1.68. The Morgan fingerprint density at radius 3 is 1.75 bits per heavy atom. The summed E-state index contributed by atoms with van der Waals surface area (Å²) in [4.78, 5) is 29.4. The van der Waals surface area contributed by atoms with Crippen LogP contribution in [0.3, 0.4) is 0 Å². The average Bonchev–Trinajstić information content (AvgIpc) is 3.98. The summed E-state index contributed by atoms with van der Waals surface area (Å²) >= 11 is 0. The highest BCUT2D eigenvalue weighted by Crippen LogP contribution is 2.51. The average molecular weight is 1050 g/mol. The Morgan fingerprint density at radius 2 is 1.25 bits per heavy atom. The van der Waals surface area contributed by atoms with Gasteiger partial charge in [0.15, 0.2) is 17.0 Å². The molecule has 1 unspecified atom stereocenters. The summed E-state index contributed by atoms with van der Waals surface area (Å²) in [6, 6.07) is 28.6. The molecular weight excluding hydrogens is 964 g/mol. The van der Waals surface area contributed by atoms with Gasteiger partial charge in [-0.3, -0.25) is 4.57 Å². The quantitative estimate of drug-likeness (QED) is 0.0147. The lowest BCUT2D eigenvalue weighted by Gasteiger charge is -2.39. The number of nitriles is 1. The molecule has 0 bridgehead atoms. The van der Waals surface area contributed by atoms with Crippen molar-refractivity contribution >= 4 is 44.1 Å². The van der Waals surface area contributed by atoms with E-state index in [1.54, 1.807) is 20.5 Å². The standard InChI is InChI=1S/C58H83N10O6P/c1-40(2)32-65(33-41(3)4)37-61-55-54-56(64-57(63-55)62-38-66(34-42(5)6)35-43(7)8)67(39-60-54)53-31-51(74-75(72-30-18-29-59)68(44(9)10)45(11)12)52(73-53)36-71-58(46-19-16-15-17-20-46,47-21-25-49(69-13)26-22-47)48-23-27-50(70-14)28-24-48/h15-17,19-28,37-45,51-53H,18,30-36H2,1-14H3/t51-,52-,53-,75?/m1/s1. The molecule has 5 aromatic rings. The first-order valence-electron chi connectivity index (χ1n) is 26.7. The number of ether oxygens (including phenoxy) is 4. The summed E-state index contributed by atoms with van der Waals surface area (Å²) < 4.78 is 44.0. The van der Waals surface area contributed by atoms with Gasteiger partial charge in [-0.2, -0.15) is 15.2 Å². The number of methoxy groups -OCH3 is 2. The second kappa shape index (κ2) is 28.0. The van der Waals surface area contributed by atoms with E-state index in [0.29, 0.717) is 47.1 Å². The fourth-order valence-electron chi connectivity index (χ4n) is 9.56. The van der Waals surface area contributed by atoms with E-state index in [2.05, 4.69) is 116 Å². The zero-order chi connectivity index (χ0) is 54.2. The van der Waals surface area contributed by atoms with Crippen molar-refractivity contribution in [2.75, 3.05) is 53.6 Å². The molecule has 0 saturated carbocycles. The largest absolute Gasteiger partial charge is 0.497 e. The third kappa shape index (κ3) is 15.8. The van der Waals surface area contributed by atoms with E-state index in [0.717, 1.165) is 54.4 Å². The molecule has 2 aromatic heterocycles. The zero-order valence-corrected chi connectivity index (χ0v) is 47.9. The van der Waals surface area contributed by atoms with Crippen molar-refractivity contribution in [1.82, 2.24) is 34.0 Å². The van der Waals surface area contributed by atoms with Crippen molar-refractivity contribution in [2.45, 2.75) is 132 Å². The SMILES string of the molecule is COc1ccc(C(OC[C@H]2O[C@@H](n3cnc4c(N=CN(CC(C)C)CC(C)C)nc(N=CN(CC(C)C)CC(C)C)nc43)C[C@H]2OP(OCCC#N)N(C(C)C)C(C)C)(c2ccccc2)c2ccc(OC)cc2)cc1. The van der Waals surface area contributed by atoms with Gasteiger partial charge in [0.1, 0.15) is 29.4 Å². The Balaban J connectivity index is 1.50. The predicted molar refractivity (Wildman–Crippen MR) is 301 cm³/mol. The minimum absolute atomic E-state index is 0.0723. The molecule has 406 valence electrons. The van der Waals surface area contributed by atoms with E-state index < -0.39 is 32.6 Å². The van der Waals surface area contributed by atoms with Gasteiger partial charge in [-0.25, -0.2) is 19.6 Å². The summed E-state index contributed by atoms with van der Waals surface area (Å²) in [6.07, 6.45) is 4.29. The zero-order valence-electron chi connectivity index (χ0n) is 47.0. The van der Waals surface area contributed by atoms with Crippen molar-refractivity contribution in [3.63, 3.8) is 0 Å². The predicted octanol–water partition coefficient (Wildman–Crippen LogP) is 12.3. The van der Waals surface area contributed by atoms with Gasteiger partial charge >= 0.3 is 0 Å². The third-order valence-corrected chi connectivity index (χ3v) is 14.6. The maximum atomic E-state index is 9.61. The molecule has 6 rings (SSSR count). The van der Waals surface area contributed by atoms with Gasteiger partial charge < -0.3 is 37.8 Å². The first-order valence-corrected chi connectivity index (χ1v) is 27.8. The van der Waals surface area contributed by atoms with Crippen molar-refractivity contribution in [1.29, 1.82) is 5.26 Å². The van der Waals surface area contributed by atoms with Crippen LogP contribution >= 0.6 is 8.53 Å². The summed E-state index contributed by atoms with van der Waals surface area (Å²) in [5.41, 5.74) is 2.61. The van der Waals surface area contributed by atoms with Crippen LogP contribution < -0.4 is 9.47 Å². The topological polar surface area (TPSA) is 157 Å². The highest BCUT2D eigenvalue weighted by atomic mass is 31.2. The number of fused-ring (bicyclic) bond motifs is 1. The number of aliphatic imine (C=N–C) groups is 2. The van der Waals surface area contributed by atoms with Crippen LogP contribution in [-0.4, -0.2) is 125 Å². The van der Waals surface area contributed by atoms with Crippen molar-refractivity contribution in [3.05, 3.63) is 102 Å². The maximum absolute atomic E-state index is 9.61. The Hall–Kier alpha value is -5.53. The molecule has 1 aliphatic rings. The molecule has 0 amide bonds. The van der Waals surface area contributed by atoms with E-state index in [9.17, 15) is 5.26 Å². The highest BCUT2D eigenvalue weighted by molar-refractivity contribution is 7.44. The Bertz CT molecular complexity index is 2530. The molecule has 17 heteroatoms. The molecular formula is C58H83N10O6P. The molecule has 1 saturated heterocycles. The van der Waals surface area contributed by atoms with Crippen LogP contribution in [0.25, 0.3) is 11.2 Å². The van der Waals surface area contributed by atoms with Gasteiger partial charge in [-0.1, -0.05) is 110 Å². The second-order valence-electron chi connectivity index (χ2n) is 21.5. The number of hydrogen-bond donors (Lipinski definition) is 0. The molecule has 0 radical (unpaired) electrons. The molecule has 16 nitrogen and oxygen atoms in total. The Morgan fingerprint density at radius 1 is 0.733 bits per heavy atom. The Labute approximate surface area is 448 Å². The van der Waals surface area contributed by atoms with Crippen LogP contribution in [0.5, 0.6) is 11.5 Å². The number of benzene rings is 3. The van der Waals surface area contributed by atoms with Crippen molar-refractivity contribution in [2.24, 2.45) is 33.7 Å². The molecule has 75 heavy (non-hydrogen) atoms. The lowest BCUT2D eigenvalue weighted by Crippen LogP contribution is -2.39. The fraction of sp³-hybridized carbons (Fsp3) is 0.552. The minimum Gasteiger partial charge on any atom is -0.497 e. The maximum Gasteiger partial charge on any atom is 0.259 e. The summed E-state index contributed by atoms with van der Waals surface area (Å²) in [6.45, 7) is 29.8. The number of imidazole rings is 1. The smallest absolute Gasteiger partial charge is 0.259 e. The number of nitrogens with zero attached hydrogens (tertiary/aromatic N) is 10. The highest BCUT2D eigenvalue weighted by Gasteiger charge is 2.45. The Kier molecular flexibility index (Phi) is 21.9. The van der Waals surface area contributed by atoms with Gasteiger partial charge in [0, 0.05) is 44.7 Å². The molecule has 1 aliphatic heterocycles. The van der Waals surface area contributed by atoms with Crippen LogP contribution in [0.1, 0.15) is 119 Å². The van der Waals surface area contributed by atoms with Crippen LogP contribution in [-0.2, 0) is 24.1 Å². The molecule has 3 aromatic carbocycles. The van der Waals surface area contributed by atoms with Gasteiger partial charge in [0.2, 0.25) is 0 Å². The monoisotopic (exact) mass is 1050 g/mol. The van der Waals surface area contributed by atoms with Crippen molar-refractivity contribution < 1.29 is 28.0 Å². The summed E-state index contributed by atoms with van der Waals surface area (Å²) in [5, 5.41) is 9.61. The summed E-state index contributed by atoms with van der Waals surface area (Å²) in [5.74, 6) is 3.84. The first kappa shape index (κ1) is 58.7. The second-order valence-corrected chi connectivity index (χ2v) is 22.9. The van der Waals surface area contributed by atoms with Crippen LogP contribution in [0, 0.1) is 35.0 Å². The van der Waals surface area contributed by atoms with Crippen molar-refractivity contribution in [3.8, 4) is 17.6 Å². The molecule has 0 spiro atoms. The van der Waals surface area contributed by atoms with E-state index >= 15 is 0 Å². The number of rotatable bonds is 29. The van der Waals surface area contributed by atoms with E-state index in [4.69, 9.17) is 52.9 Å². The van der Waals surface area contributed by atoms with Crippen LogP contribution in [0.15, 0.2) is 95.2 Å². The normalized spacial score (nSPS) is 16.8. The van der Waals surface area contributed by atoms with Gasteiger partial charge in [0.25, 0.3) is 14.5 Å². The number of aromatic nitrogens is 4. The molecule has 4 atom stereocenters. The molecule has 3 heterocycles. The van der Waals surface area contributed by atoms with Gasteiger partial charge in [0.05, 0.1) is 65.0 Å².